The lowest BCUT2D eigenvalue weighted by atomic mass is 9.85. The molecule has 4 nitrogen and oxygen atoms in total. The van der Waals surface area contributed by atoms with Gasteiger partial charge in [-0.05, 0) is 70.3 Å². The maximum atomic E-state index is 17.4. The zero-order valence-corrected chi connectivity index (χ0v) is 33.1. The number of allylic oxidation sites excluding steroid dienone is 4. The van der Waals surface area contributed by atoms with Crippen LogP contribution in [0.4, 0.5) is 35.1 Å². The zero-order chi connectivity index (χ0) is 43.6. The smallest absolute Gasteiger partial charge is 0.354 e. The number of fused-ring (bicyclic) bond motifs is 6. The van der Waals surface area contributed by atoms with Gasteiger partial charge in [-0.2, -0.15) is 35.1 Å². The summed E-state index contributed by atoms with van der Waals surface area (Å²) in [5, 5.41) is -4.87. The fourth-order valence-corrected chi connectivity index (χ4v) is 8.20. The quantitative estimate of drug-likeness (QED) is 0.117. The third-order valence-electron chi connectivity index (χ3n) is 10.9. The van der Waals surface area contributed by atoms with Crippen molar-refractivity contribution in [1.29, 1.82) is 0 Å². The molecular weight excluding hydrogens is 832 g/mol. The van der Waals surface area contributed by atoms with Crippen molar-refractivity contribution >= 4 is 45.3 Å². The van der Waals surface area contributed by atoms with Gasteiger partial charge in [-0.15, -0.1) is 0 Å². The van der Waals surface area contributed by atoms with E-state index in [-0.39, 0.29) is 33.7 Å². The summed E-state index contributed by atoms with van der Waals surface area (Å²) < 4.78 is 128. The molecule has 1 N–H and O–H groups in total. The number of aliphatic imine (C=N–C) groups is 2. The Hall–Kier alpha value is -6.79. The number of H-pyrrole nitrogens is 1. The monoisotopic (exact) mass is 862 g/mol. The van der Waals surface area contributed by atoms with Crippen LogP contribution >= 0.6 is 11.6 Å². The molecule has 8 bridgehead atoms. The molecule has 0 aliphatic carbocycles. The SMILES string of the molecule is Cn1cc2c(C(F)(F)C(F)(F)C(F)(F)C(F)(F)Cl)c1C(c1ccccc1)=C1C=CC(=N1)C(c1ccccc1)=c1ccc([nH]1)=C(c1ccccc1)C1=NC(=C2c2ccccc2)C=C1. The number of aryl methyl sites for hydroxylation is 1. The highest BCUT2D eigenvalue weighted by atomic mass is 35.5. The van der Waals surface area contributed by atoms with Crippen molar-refractivity contribution in [2.45, 2.75) is 23.1 Å². The van der Waals surface area contributed by atoms with E-state index in [4.69, 9.17) is 9.98 Å². The minimum atomic E-state index is -6.78. The summed E-state index contributed by atoms with van der Waals surface area (Å²) in [5.74, 6) is -19.6. The molecule has 9 rings (SSSR count). The molecule has 3 aliphatic heterocycles. The minimum absolute atomic E-state index is 0.00280. The topological polar surface area (TPSA) is 45.4 Å². The van der Waals surface area contributed by atoms with E-state index in [1.54, 1.807) is 48.6 Å². The largest absolute Gasteiger partial charge is 0.393 e. The molecule has 62 heavy (non-hydrogen) atoms. The highest BCUT2D eigenvalue weighted by Crippen LogP contribution is 2.60. The summed E-state index contributed by atoms with van der Waals surface area (Å²) in [5.41, 5.74) is 0.249. The number of nitrogens with one attached hydrogen (secondary N) is 1. The third-order valence-corrected chi connectivity index (χ3v) is 11.2. The summed E-state index contributed by atoms with van der Waals surface area (Å²) in [6, 6.07) is 37.8. The van der Waals surface area contributed by atoms with Crippen LogP contribution in [0, 0.1) is 0 Å². The maximum Gasteiger partial charge on any atom is 0.393 e. The number of nitrogens with zero attached hydrogens (tertiary/aromatic N) is 3. The van der Waals surface area contributed by atoms with Crippen LogP contribution in [0.1, 0.15) is 39.1 Å². The standard InChI is InChI=1S/C49H31ClF8N4/c1-62-28-33-40(29-14-6-2-7-15-29)34-22-23-35(59-34)41(30-16-8-3-9-17-30)36-24-25-37(60-36)42(31-18-10-4-11-19-31)38-26-27-39(61-38)43(32-20-12-5-13-21-32)45(62)44(33)46(51,52)47(53,54)48(55,56)49(50,57)58/h2-28,60H,1H3. The molecule has 13 heteroatoms. The predicted molar refractivity (Wildman–Crippen MR) is 226 cm³/mol. The van der Waals surface area contributed by atoms with Crippen molar-refractivity contribution in [3.63, 3.8) is 0 Å². The van der Waals surface area contributed by atoms with Crippen molar-refractivity contribution in [3.8, 4) is 0 Å². The Morgan fingerprint density at radius 1 is 0.484 bits per heavy atom. The summed E-state index contributed by atoms with van der Waals surface area (Å²) in [6.45, 7) is 0. The lowest BCUT2D eigenvalue weighted by Crippen LogP contribution is -2.59. The zero-order valence-electron chi connectivity index (χ0n) is 32.3. The molecule has 0 fully saturated rings. The predicted octanol–water partition coefficient (Wildman–Crippen LogP) is 11.2. The van der Waals surface area contributed by atoms with Gasteiger partial charge in [-0.3, -0.25) is 0 Å². The lowest BCUT2D eigenvalue weighted by Gasteiger charge is -2.35. The van der Waals surface area contributed by atoms with Gasteiger partial charge in [0.15, 0.2) is 0 Å². The average molecular weight is 863 g/mol. The first kappa shape index (κ1) is 40.6. The molecule has 0 amide bonds. The van der Waals surface area contributed by atoms with Crippen molar-refractivity contribution in [1.82, 2.24) is 9.55 Å². The van der Waals surface area contributed by atoms with Crippen LogP contribution in [0.3, 0.4) is 0 Å². The first-order valence-electron chi connectivity index (χ1n) is 19.2. The van der Waals surface area contributed by atoms with E-state index in [1.807, 2.05) is 72.8 Å². The van der Waals surface area contributed by atoms with Crippen molar-refractivity contribution in [2.75, 3.05) is 0 Å². The summed E-state index contributed by atoms with van der Waals surface area (Å²) in [6.07, 6.45) is 7.36. The van der Waals surface area contributed by atoms with Crippen molar-refractivity contribution < 1.29 is 35.1 Å². The normalized spacial score (nSPS) is 15.8. The van der Waals surface area contributed by atoms with E-state index < -0.39 is 40.0 Å². The van der Waals surface area contributed by atoms with E-state index in [9.17, 15) is 8.78 Å². The minimum Gasteiger partial charge on any atom is -0.354 e. The van der Waals surface area contributed by atoms with E-state index in [2.05, 4.69) is 16.6 Å². The number of aromatic amines is 1. The highest BCUT2D eigenvalue weighted by Gasteiger charge is 2.81. The molecule has 4 aromatic carbocycles. The Morgan fingerprint density at radius 2 is 0.871 bits per heavy atom. The number of rotatable bonds is 8. The molecule has 310 valence electrons. The van der Waals surface area contributed by atoms with Gasteiger partial charge in [-0.1, -0.05) is 121 Å². The van der Waals surface area contributed by atoms with E-state index in [0.29, 0.717) is 44.4 Å². The van der Waals surface area contributed by atoms with Crippen LogP contribution in [-0.4, -0.2) is 38.2 Å². The fraction of sp³-hybridized carbons (Fsp3) is 0.102. The molecule has 0 saturated carbocycles. The second kappa shape index (κ2) is 15.0. The molecule has 0 spiro atoms. The Morgan fingerprint density at radius 3 is 1.29 bits per heavy atom. The third kappa shape index (κ3) is 6.51. The molecule has 0 saturated heterocycles. The first-order valence-corrected chi connectivity index (χ1v) is 19.6. The van der Waals surface area contributed by atoms with Gasteiger partial charge in [-0.25, -0.2) is 9.98 Å². The number of aromatic nitrogens is 2. The molecule has 5 heterocycles. The Labute approximate surface area is 354 Å². The second-order valence-electron chi connectivity index (χ2n) is 14.8. The fourth-order valence-electron chi connectivity index (χ4n) is 8.08. The summed E-state index contributed by atoms with van der Waals surface area (Å²) in [4.78, 5) is 13.4. The molecule has 3 aliphatic rings. The van der Waals surface area contributed by atoms with E-state index in [1.165, 1.54) is 43.5 Å². The average Bonchev–Trinajstić information content (AvgIpc) is 4.09. The van der Waals surface area contributed by atoms with E-state index >= 15 is 26.3 Å². The highest BCUT2D eigenvalue weighted by molar-refractivity contribution is 6.31. The summed E-state index contributed by atoms with van der Waals surface area (Å²) in [7, 11) is 1.28. The van der Waals surface area contributed by atoms with Gasteiger partial charge in [0.2, 0.25) is 0 Å². The molecule has 2 aromatic heterocycles. The Bertz CT molecular complexity index is 3060. The van der Waals surface area contributed by atoms with Crippen LogP contribution in [-0.2, 0) is 13.0 Å². The maximum absolute atomic E-state index is 17.4. The van der Waals surface area contributed by atoms with E-state index in [0.717, 1.165) is 10.8 Å². The van der Waals surface area contributed by atoms with Gasteiger partial charge in [0.25, 0.3) is 0 Å². The van der Waals surface area contributed by atoms with Crippen LogP contribution < -0.4 is 10.7 Å². The molecule has 0 atom stereocenters. The van der Waals surface area contributed by atoms with Crippen LogP contribution in [0.2, 0.25) is 0 Å². The van der Waals surface area contributed by atoms with Crippen LogP contribution in [0.15, 0.2) is 185 Å². The second-order valence-corrected chi connectivity index (χ2v) is 15.3. The number of alkyl halides is 9. The number of hydrogen-bond donors (Lipinski definition) is 1. The van der Waals surface area contributed by atoms with Crippen molar-refractivity contribution in [3.05, 3.63) is 225 Å². The molecule has 0 unspecified atom stereocenters. The lowest BCUT2D eigenvalue weighted by molar-refractivity contribution is -0.352. The van der Waals surface area contributed by atoms with Gasteiger partial charge >= 0.3 is 23.1 Å². The number of benzene rings is 4. The van der Waals surface area contributed by atoms with Crippen LogP contribution in [0.5, 0.6) is 0 Å². The molecule has 0 radical (unpaired) electrons. The molecule has 6 aromatic rings. The van der Waals surface area contributed by atoms with Gasteiger partial charge < -0.3 is 9.55 Å². The molecular formula is C49H31ClF8N4. The van der Waals surface area contributed by atoms with Crippen molar-refractivity contribution in [2.24, 2.45) is 17.0 Å². The first-order chi connectivity index (χ1) is 29.6. The summed E-state index contributed by atoms with van der Waals surface area (Å²) >= 11 is 4.56. The van der Waals surface area contributed by atoms with Crippen LogP contribution in [0.25, 0.3) is 22.3 Å². The number of halogens is 9. The Kier molecular flexibility index (Phi) is 9.81. The number of hydrogen-bond acceptors (Lipinski definition) is 2. The van der Waals surface area contributed by atoms with Gasteiger partial charge in [0, 0.05) is 51.8 Å². The Balaban J connectivity index is 1.51. The van der Waals surface area contributed by atoms with Gasteiger partial charge in [0.05, 0.1) is 34.1 Å². The van der Waals surface area contributed by atoms with Gasteiger partial charge in [0.1, 0.15) is 0 Å².